The maximum Gasteiger partial charge on any atom is 0.326 e. The van der Waals surface area contributed by atoms with Crippen molar-refractivity contribution in [3.8, 4) is 5.75 Å². The van der Waals surface area contributed by atoms with Crippen LogP contribution in [0, 0.1) is 6.92 Å². The van der Waals surface area contributed by atoms with Gasteiger partial charge in [-0.2, -0.15) is 0 Å². The number of amides is 1. The molecule has 0 aromatic heterocycles. The van der Waals surface area contributed by atoms with E-state index in [1.54, 1.807) is 48.5 Å². The van der Waals surface area contributed by atoms with Crippen molar-refractivity contribution in [1.82, 2.24) is 0 Å². The van der Waals surface area contributed by atoms with Gasteiger partial charge in [0.05, 0.1) is 6.61 Å². The summed E-state index contributed by atoms with van der Waals surface area (Å²) in [5.41, 5.74) is 4.25. The molecule has 4 aromatic rings. The average Bonchev–Trinajstić information content (AvgIpc) is 3.02. The zero-order chi connectivity index (χ0) is 30.6. The third kappa shape index (κ3) is 8.79. The minimum atomic E-state index is -1.02. The molecule has 1 atom stereocenters. The van der Waals surface area contributed by atoms with Gasteiger partial charge in [0.25, 0.3) is 0 Å². The van der Waals surface area contributed by atoms with Crippen molar-refractivity contribution in [3.63, 3.8) is 0 Å². The van der Waals surface area contributed by atoms with E-state index in [4.69, 9.17) is 4.74 Å². The fraction of sp³-hybridized carbons (Fsp3) is 0.250. The first kappa shape index (κ1) is 31.0. The molecule has 0 saturated carbocycles. The smallest absolute Gasteiger partial charge is 0.326 e. The van der Waals surface area contributed by atoms with Crippen LogP contribution in [0.5, 0.6) is 5.75 Å². The van der Waals surface area contributed by atoms with Crippen LogP contribution in [0.15, 0.2) is 103 Å². The van der Waals surface area contributed by atoms with Gasteiger partial charge in [-0.1, -0.05) is 73.7 Å². The van der Waals surface area contributed by atoms with Crippen molar-refractivity contribution in [2.24, 2.45) is 0 Å². The highest BCUT2D eigenvalue weighted by Gasteiger charge is 2.21. The summed E-state index contributed by atoms with van der Waals surface area (Å²) < 4.78 is 5.94. The average molecular weight is 579 g/mol. The van der Waals surface area contributed by atoms with Crippen molar-refractivity contribution in [2.75, 3.05) is 23.4 Å². The van der Waals surface area contributed by atoms with Crippen LogP contribution in [0.3, 0.4) is 0 Å². The van der Waals surface area contributed by atoms with E-state index in [1.807, 2.05) is 73.3 Å². The Morgan fingerprint density at radius 1 is 0.884 bits per heavy atom. The number of carboxylic acid groups (broad SMARTS) is 1. The second-order valence-corrected chi connectivity index (χ2v) is 10.5. The van der Waals surface area contributed by atoms with E-state index in [0.29, 0.717) is 48.6 Å². The van der Waals surface area contributed by atoms with Crippen LogP contribution in [-0.2, 0) is 16.0 Å². The lowest BCUT2D eigenvalue weighted by Gasteiger charge is -2.23. The number of para-hydroxylation sites is 1. The molecule has 0 saturated heterocycles. The SMILES string of the molecule is CCCC(=O)N(CCCOc1ccc(C[C@H](Nc2ccccc2C(=O)c2ccccc2)C(=O)O)cc1)c1cccc(C)c1. The number of aliphatic carboxylic acids is 1. The molecule has 0 aliphatic heterocycles. The summed E-state index contributed by atoms with van der Waals surface area (Å²) in [7, 11) is 0. The van der Waals surface area contributed by atoms with Gasteiger partial charge in [-0.3, -0.25) is 9.59 Å². The van der Waals surface area contributed by atoms with Gasteiger partial charge >= 0.3 is 5.97 Å². The zero-order valence-corrected chi connectivity index (χ0v) is 24.7. The van der Waals surface area contributed by atoms with E-state index in [0.717, 1.165) is 23.2 Å². The number of carbonyl (C=O) groups is 3. The normalized spacial score (nSPS) is 11.4. The predicted octanol–water partition coefficient (Wildman–Crippen LogP) is 6.94. The Balaban J connectivity index is 1.34. The molecule has 4 aromatic carbocycles. The predicted molar refractivity (Wildman–Crippen MR) is 170 cm³/mol. The maximum atomic E-state index is 13.1. The lowest BCUT2D eigenvalue weighted by Crippen LogP contribution is -2.32. The molecule has 0 bridgehead atoms. The fourth-order valence-electron chi connectivity index (χ4n) is 4.85. The van der Waals surface area contributed by atoms with Gasteiger partial charge in [0.1, 0.15) is 11.8 Å². The molecule has 0 spiro atoms. The van der Waals surface area contributed by atoms with Gasteiger partial charge < -0.3 is 20.1 Å². The van der Waals surface area contributed by atoms with Crippen LogP contribution < -0.4 is 15.0 Å². The summed E-state index contributed by atoms with van der Waals surface area (Å²) >= 11 is 0. The second kappa shape index (κ2) is 15.4. The molecule has 1 amide bonds. The summed E-state index contributed by atoms with van der Waals surface area (Å²) in [6.45, 7) is 5.01. The summed E-state index contributed by atoms with van der Waals surface area (Å²) in [6, 6.07) is 30.2. The van der Waals surface area contributed by atoms with E-state index >= 15 is 0 Å². The molecule has 0 fully saturated rings. The number of anilines is 2. The van der Waals surface area contributed by atoms with Gasteiger partial charge in [0.15, 0.2) is 5.78 Å². The third-order valence-electron chi connectivity index (χ3n) is 7.07. The van der Waals surface area contributed by atoms with Gasteiger partial charge in [-0.15, -0.1) is 0 Å². The zero-order valence-electron chi connectivity index (χ0n) is 24.7. The first-order valence-electron chi connectivity index (χ1n) is 14.6. The quantitative estimate of drug-likeness (QED) is 0.117. The Morgan fingerprint density at radius 2 is 1.60 bits per heavy atom. The van der Waals surface area contributed by atoms with Gasteiger partial charge in [-0.05, 0) is 67.3 Å². The van der Waals surface area contributed by atoms with Crippen molar-refractivity contribution < 1.29 is 24.2 Å². The van der Waals surface area contributed by atoms with Crippen LogP contribution in [0.4, 0.5) is 11.4 Å². The van der Waals surface area contributed by atoms with E-state index in [2.05, 4.69) is 5.32 Å². The lowest BCUT2D eigenvalue weighted by atomic mass is 10.00. The number of carbonyl (C=O) groups excluding carboxylic acids is 2. The molecule has 43 heavy (non-hydrogen) atoms. The number of nitrogens with one attached hydrogen (secondary N) is 1. The Kier molecular flexibility index (Phi) is 11.1. The lowest BCUT2D eigenvalue weighted by molar-refractivity contribution is -0.137. The largest absolute Gasteiger partial charge is 0.494 e. The van der Waals surface area contributed by atoms with Crippen molar-refractivity contribution >= 4 is 29.0 Å². The molecule has 4 rings (SSSR count). The highest BCUT2D eigenvalue weighted by molar-refractivity contribution is 6.12. The number of ether oxygens (including phenoxy) is 1. The molecule has 222 valence electrons. The molecule has 0 aliphatic carbocycles. The number of carboxylic acids is 1. The Labute approximate surface area is 253 Å². The van der Waals surface area contributed by atoms with Crippen LogP contribution in [0.25, 0.3) is 0 Å². The summed E-state index contributed by atoms with van der Waals surface area (Å²) in [4.78, 5) is 39.8. The molecular formula is C36H38N2O5. The van der Waals surface area contributed by atoms with E-state index in [9.17, 15) is 19.5 Å². The Hall–Kier alpha value is -4.91. The van der Waals surface area contributed by atoms with Gasteiger partial charge in [-0.25, -0.2) is 4.79 Å². The van der Waals surface area contributed by atoms with E-state index < -0.39 is 12.0 Å². The molecule has 0 unspecified atom stereocenters. The van der Waals surface area contributed by atoms with Crippen LogP contribution in [-0.4, -0.2) is 42.0 Å². The summed E-state index contributed by atoms with van der Waals surface area (Å²) in [5.74, 6) is -0.417. The number of ketones is 1. The van der Waals surface area contributed by atoms with E-state index in [1.165, 1.54) is 0 Å². The number of hydrogen-bond acceptors (Lipinski definition) is 5. The number of nitrogens with zero attached hydrogens (tertiary/aromatic N) is 1. The monoisotopic (exact) mass is 578 g/mol. The Bertz CT molecular complexity index is 1520. The van der Waals surface area contributed by atoms with Crippen LogP contribution in [0.1, 0.15) is 53.2 Å². The van der Waals surface area contributed by atoms with Crippen LogP contribution >= 0.6 is 0 Å². The molecule has 0 heterocycles. The third-order valence-corrected chi connectivity index (χ3v) is 7.07. The molecular weight excluding hydrogens is 540 g/mol. The number of benzene rings is 4. The highest BCUT2D eigenvalue weighted by Crippen LogP contribution is 2.22. The van der Waals surface area contributed by atoms with Crippen molar-refractivity contribution in [2.45, 2.75) is 45.6 Å². The Morgan fingerprint density at radius 3 is 2.30 bits per heavy atom. The highest BCUT2D eigenvalue weighted by atomic mass is 16.5. The first-order chi connectivity index (χ1) is 20.9. The number of rotatable bonds is 15. The van der Waals surface area contributed by atoms with Gasteiger partial charge in [0.2, 0.25) is 5.91 Å². The first-order valence-corrected chi connectivity index (χ1v) is 14.6. The van der Waals surface area contributed by atoms with Crippen molar-refractivity contribution in [1.29, 1.82) is 0 Å². The van der Waals surface area contributed by atoms with Crippen molar-refractivity contribution in [3.05, 3.63) is 125 Å². The molecule has 0 radical (unpaired) electrons. The number of aryl methyl sites for hydroxylation is 1. The summed E-state index contributed by atoms with van der Waals surface area (Å²) in [5, 5.41) is 13.0. The second-order valence-electron chi connectivity index (χ2n) is 10.5. The van der Waals surface area contributed by atoms with E-state index in [-0.39, 0.29) is 18.1 Å². The molecule has 0 aliphatic rings. The fourth-order valence-corrected chi connectivity index (χ4v) is 4.85. The molecule has 7 nitrogen and oxygen atoms in total. The minimum absolute atomic E-state index is 0.103. The van der Waals surface area contributed by atoms with Crippen LogP contribution in [0.2, 0.25) is 0 Å². The maximum absolute atomic E-state index is 13.1. The molecule has 2 N–H and O–H groups in total. The molecule has 7 heteroatoms. The standard InChI is InChI=1S/C36H38N2O5/c1-3-11-34(39)38(29-15-9-12-26(2)24-29)22-10-23-43-30-20-18-27(19-21-30)25-33(36(41)42)37-32-17-8-7-16-31(32)35(40)28-13-5-4-6-14-28/h4-9,12-21,24,33,37H,3,10-11,22-23,25H2,1-2H3,(H,41,42)/t33-/m0/s1. The number of hydrogen-bond donors (Lipinski definition) is 2. The van der Waals surface area contributed by atoms with Gasteiger partial charge in [0, 0.05) is 41.9 Å². The summed E-state index contributed by atoms with van der Waals surface area (Å²) in [6.07, 6.45) is 2.17. The topological polar surface area (TPSA) is 95.9 Å². The minimum Gasteiger partial charge on any atom is -0.494 e.